The van der Waals surface area contributed by atoms with Crippen molar-refractivity contribution in [1.82, 2.24) is 14.6 Å². The molecule has 0 spiro atoms. The summed E-state index contributed by atoms with van der Waals surface area (Å²) in [5.41, 5.74) is 1.11. The SMILES string of the molecule is COc1ccc2c(c1)N[C@H](C1CCN(C(=O)c3cccnc3)CC1)NS2(=O)=O. The highest BCUT2D eigenvalue weighted by atomic mass is 32.2. The molecule has 148 valence electrons. The first-order valence-electron chi connectivity index (χ1n) is 9.14. The van der Waals surface area contributed by atoms with Crippen LogP contribution in [0.1, 0.15) is 23.2 Å². The molecular formula is C19H22N4O4S. The molecule has 1 saturated heterocycles. The maximum absolute atomic E-state index is 12.6. The van der Waals surface area contributed by atoms with E-state index in [-0.39, 0.29) is 16.7 Å². The predicted octanol–water partition coefficient (Wildman–Crippen LogP) is 1.67. The van der Waals surface area contributed by atoms with Gasteiger partial charge in [-0.1, -0.05) is 0 Å². The fourth-order valence-electron chi connectivity index (χ4n) is 3.73. The Morgan fingerprint density at radius 2 is 2.04 bits per heavy atom. The monoisotopic (exact) mass is 402 g/mol. The van der Waals surface area contributed by atoms with E-state index in [9.17, 15) is 13.2 Å². The number of carbonyl (C=O) groups excluding carboxylic acids is 1. The number of piperidine rings is 1. The number of fused-ring (bicyclic) bond motifs is 1. The van der Waals surface area contributed by atoms with Gasteiger partial charge in [0.1, 0.15) is 10.6 Å². The third-order valence-corrected chi connectivity index (χ3v) is 6.78. The lowest BCUT2D eigenvalue weighted by Crippen LogP contribution is -2.52. The van der Waals surface area contributed by atoms with Gasteiger partial charge < -0.3 is 15.0 Å². The molecule has 2 aliphatic heterocycles. The molecule has 3 heterocycles. The smallest absolute Gasteiger partial charge is 0.255 e. The highest BCUT2D eigenvalue weighted by Gasteiger charge is 2.36. The second-order valence-corrected chi connectivity index (χ2v) is 8.66. The summed E-state index contributed by atoms with van der Waals surface area (Å²) < 4.78 is 33.2. The van der Waals surface area contributed by atoms with Gasteiger partial charge in [0.05, 0.1) is 24.5 Å². The molecule has 28 heavy (non-hydrogen) atoms. The van der Waals surface area contributed by atoms with E-state index >= 15 is 0 Å². The molecule has 0 radical (unpaired) electrons. The number of aromatic nitrogens is 1. The Morgan fingerprint density at radius 3 is 2.71 bits per heavy atom. The molecule has 2 aromatic rings. The number of carbonyl (C=O) groups is 1. The number of nitrogens with one attached hydrogen (secondary N) is 2. The summed E-state index contributed by atoms with van der Waals surface area (Å²) in [6, 6.07) is 8.36. The van der Waals surface area contributed by atoms with Gasteiger partial charge in [0.15, 0.2) is 0 Å². The third-order valence-electron chi connectivity index (χ3n) is 5.28. The van der Waals surface area contributed by atoms with Crippen LogP contribution < -0.4 is 14.8 Å². The summed E-state index contributed by atoms with van der Waals surface area (Å²) in [5, 5.41) is 3.29. The fraction of sp³-hybridized carbons (Fsp3) is 0.368. The number of benzene rings is 1. The van der Waals surface area contributed by atoms with Crippen molar-refractivity contribution in [3.63, 3.8) is 0 Å². The molecule has 2 aliphatic rings. The van der Waals surface area contributed by atoms with Gasteiger partial charge in [-0.25, -0.2) is 8.42 Å². The molecule has 2 N–H and O–H groups in total. The highest BCUT2D eigenvalue weighted by Crippen LogP contribution is 2.33. The Balaban J connectivity index is 1.46. The Labute approximate surface area is 164 Å². The Hall–Kier alpha value is -2.65. The number of likely N-dealkylation sites (tertiary alicyclic amines) is 1. The van der Waals surface area contributed by atoms with Gasteiger partial charge in [0, 0.05) is 31.5 Å². The minimum atomic E-state index is -3.60. The van der Waals surface area contributed by atoms with Gasteiger partial charge in [-0.05, 0) is 43.0 Å². The van der Waals surface area contributed by atoms with Crippen LogP contribution >= 0.6 is 0 Å². The van der Waals surface area contributed by atoms with Crippen molar-refractivity contribution in [3.05, 3.63) is 48.3 Å². The zero-order valence-electron chi connectivity index (χ0n) is 15.5. The summed E-state index contributed by atoms with van der Waals surface area (Å²) >= 11 is 0. The minimum absolute atomic E-state index is 0.0428. The summed E-state index contributed by atoms with van der Waals surface area (Å²) in [6.07, 6.45) is 4.18. The van der Waals surface area contributed by atoms with Crippen LogP contribution in [0.2, 0.25) is 0 Å². The fourth-order valence-corrected chi connectivity index (χ4v) is 5.10. The molecule has 0 unspecified atom stereocenters. The van der Waals surface area contributed by atoms with E-state index < -0.39 is 16.2 Å². The number of amides is 1. The predicted molar refractivity (Wildman–Crippen MR) is 104 cm³/mol. The molecule has 1 aromatic carbocycles. The maximum atomic E-state index is 12.6. The topological polar surface area (TPSA) is 101 Å². The van der Waals surface area contributed by atoms with E-state index in [1.807, 2.05) is 0 Å². The lowest BCUT2D eigenvalue weighted by atomic mass is 9.93. The summed E-state index contributed by atoms with van der Waals surface area (Å²) in [4.78, 5) is 18.6. The number of pyridine rings is 1. The number of hydrogen-bond acceptors (Lipinski definition) is 6. The van der Waals surface area contributed by atoms with Crippen molar-refractivity contribution in [3.8, 4) is 5.75 Å². The van der Waals surface area contributed by atoms with Crippen LogP contribution in [0, 0.1) is 5.92 Å². The molecule has 0 aliphatic carbocycles. The van der Waals surface area contributed by atoms with Crippen LogP contribution in [-0.2, 0) is 10.0 Å². The van der Waals surface area contributed by atoms with E-state index in [1.165, 1.54) is 6.07 Å². The van der Waals surface area contributed by atoms with E-state index in [1.54, 1.807) is 48.7 Å². The van der Waals surface area contributed by atoms with Crippen molar-refractivity contribution in [1.29, 1.82) is 0 Å². The molecular weight excluding hydrogens is 380 g/mol. The number of ether oxygens (including phenoxy) is 1. The van der Waals surface area contributed by atoms with Gasteiger partial charge in [0.25, 0.3) is 5.91 Å². The average Bonchev–Trinajstić information content (AvgIpc) is 2.73. The standard InChI is InChI=1S/C19H22N4O4S/c1-27-15-4-5-17-16(11-15)21-18(22-28(17,25)26)13-6-9-23(10-7-13)19(24)14-3-2-8-20-12-14/h2-5,8,11-13,18,21-22H,6-7,9-10H2,1H3/t18-/m0/s1. The first-order valence-corrected chi connectivity index (χ1v) is 10.6. The van der Waals surface area contributed by atoms with Crippen molar-refractivity contribution >= 4 is 21.6 Å². The number of nitrogens with zero attached hydrogens (tertiary/aromatic N) is 2. The van der Waals surface area contributed by atoms with E-state index in [0.717, 1.165) is 0 Å². The van der Waals surface area contributed by atoms with Crippen molar-refractivity contribution in [2.24, 2.45) is 5.92 Å². The van der Waals surface area contributed by atoms with Crippen molar-refractivity contribution < 1.29 is 17.9 Å². The van der Waals surface area contributed by atoms with Crippen LogP contribution in [0.15, 0.2) is 47.6 Å². The molecule has 1 fully saturated rings. The zero-order valence-corrected chi connectivity index (χ0v) is 16.3. The summed E-state index contributed by atoms with van der Waals surface area (Å²) in [6.45, 7) is 1.15. The van der Waals surface area contributed by atoms with Crippen LogP contribution in [0.5, 0.6) is 5.75 Å². The lowest BCUT2D eigenvalue weighted by molar-refractivity contribution is 0.0679. The molecule has 8 nitrogen and oxygen atoms in total. The summed E-state index contributed by atoms with van der Waals surface area (Å²) in [5.74, 6) is 0.630. The van der Waals surface area contributed by atoms with Crippen LogP contribution in [0.4, 0.5) is 5.69 Å². The lowest BCUT2D eigenvalue weighted by Gasteiger charge is -2.39. The molecule has 0 bridgehead atoms. The van der Waals surface area contributed by atoms with Crippen molar-refractivity contribution in [2.45, 2.75) is 23.9 Å². The van der Waals surface area contributed by atoms with Crippen molar-refractivity contribution in [2.75, 3.05) is 25.5 Å². The Kier molecular flexibility index (Phi) is 4.94. The van der Waals surface area contributed by atoms with Gasteiger partial charge in [-0.3, -0.25) is 9.78 Å². The quantitative estimate of drug-likeness (QED) is 0.810. The van der Waals surface area contributed by atoms with Gasteiger partial charge in [-0.2, -0.15) is 4.72 Å². The summed E-state index contributed by atoms with van der Waals surface area (Å²) in [7, 11) is -2.05. The van der Waals surface area contributed by atoms with Gasteiger partial charge in [-0.15, -0.1) is 0 Å². The molecule has 4 rings (SSSR count). The van der Waals surface area contributed by atoms with Crippen LogP contribution in [0.3, 0.4) is 0 Å². The van der Waals surface area contributed by atoms with E-state index in [2.05, 4.69) is 15.0 Å². The molecule has 9 heteroatoms. The molecule has 0 saturated carbocycles. The second-order valence-electron chi connectivity index (χ2n) is 6.98. The minimum Gasteiger partial charge on any atom is -0.497 e. The number of anilines is 1. The Bertz CT molecular complexity index is 973. The zero-order chi connectivity index (χ0) is 19.7. The molecule has 1 atom stereocenters. The second kappa shape index (κ2) is 7.40. The van der Waals surface area contributed by atoms with E-state index in [0.29, 0.717) is 42.9 Å². The van der Waals surface area contributed by atoms with Gasteiger partial charge >= 0.3 is 0 Å². The normalized spacial score (nSPS) is 21.5. The van der Waals surface area contributed by atoms with Crippen LogP contribution in [-0.4, -0.2) is 50.6 Å². The van der Waals surface area contributed by atoms with E-state index in [4.69, 9.17) is 4.74 Å². The number of sulfonamides is 1. The Morgan fingerprint density at radius 1 is 1.25 bits per heavy atom. The number of hydrogen-bond donors (Lipinski definition) is 2. The highest BCUT2D eigenvalue weighted by molar-refractivity contribution is 7.89. The largest absolute Gasteiger partial charge is 0.497 e. The third kappa shape index (κ3) is 3.55. The van der Waals surface area contributed by atoms with Crippen LogP contribution in [0.25, 0.3) is 0 Å². The average molecular weight is 402 g/mol. The number of rotatable bonds is 3. The molecule has 1 aromatic heterocycles. The number of methoxy groups -OCH3 is 1. The van der Waals surface area contributed by atoms with Gasteiger partial charge in [0.2, 0.25) is 10.0 Å². The molecule has 1 amide bonds. The maximum Gasteiger partial charge on any atom is 0.255 e. The first kappa shape index (κ1) is 18.7. The first-order chi connectivity index (χ1) is 13.5.